The van der Waals surface area contributed by atoms with Crippen molar-refractivity contribution in [3.63, 3.8) is 0 Å². The van der Waals surface area contributed by atoms with E-state index in [-0.39, 0.29) is 18.4 Å². The molecule has 0 radical (unpaired) electrons. The van der Waals surface area contributed by atoms with Crippen LogP contribution in [0.1, 0.15) is 34.8 Å². The van der Waals surface area contributed by atoms with E-state index >= 15 is 0 Å². The predicted molar refractivity (Wildman–Crippen MR) is 99.1 cm³/mol. The van der Waals surface area contributed by atoms with E-state index in [0.29, 0.717) is 31.0 Å². The fourth-order valence-electron chi connectivity index (χ4n) is 3.59. The van der Waals surface area contributed by atoms with Crippen LogP contribution < -0.4 is 0 Å². The van der Waals surface area contributed by atoms with Crippen LogP contribution in [-0.2, 0) is 6.54 Å². The summed E-state index contributed by atoms with van der Waals surface area (Å²) in [7, 11) is 0. The Morgan fingerprint density at radius 3 is 2.93 bits per heavy atom. The minimum Gasteiger partial charge on any atom is -0.394 e. The highest BCUT2D eigenvalue weighted by atomic mass is 16.5. The Bertz CT molecular complexity index is 903. The second kappa shape index (κ2) is 7.75. The molecule has 1 atom stereocenters. The lowest BCUT2D eigenvalue weighted by molar-refractivity contribution is 0.0706. The summed E-state index contributed by atoms with van der Waals surface area (Å²) in [4.78, 5) is 15.0. The molecule has 7 nitrogen and oxygen atoms in total. The third-order valence-electron chi connectivity index (χ3n) is 4.95. The molecule has 0 unspecified atom stereocenters. The van der Waals surface area contributed by atoms with Gasteiger partial charge in [-0.3, -0.25) is 9.48 Å². The van der Waals surface area contributed by atoms with Crippen LogP contribution in [0.3, 0.4) is 0 Å². The van der Waals surface area contributed by atoms with Crippen LogP contribution in [0.2, 0.25) is 0 Å². The fourth-order valence-corrected chi connectivity index (χ4v) is 3.59. The lowest BCUT2D eigenvalue weighted by atomic mass is 9.94. The number of rotatable bonds is 5. The zero-order valence-corrected chi connectivity index (χ0v) is 15.0. The molecule has 0 spiro atoms. The third-order valence-corrected chi connectivity index (χ3v) is 4.95. The monoisotopic (exact) mass is 366 g/mol. The molecule has 2 aromatic heterocycles. The van der Waals surface area contributed by atoms with Crippen LogP contribution in [0.15, 0.2) is 53.3 Å². The number of hydrogen-bond acceptors (Lipinski definition) is 5. The summed E-state index contributed by atoms with van der Waals surface area (Å²) < 4.78 is 7.11. The van der Waals surface area contributed by atoms with Crippen LogP contribution >= 0.6 is 0 Å². The van der Waals surface area contributed by atoms with Crippen molar-refractivity contribution in [2.24, 2.45) is 0 Å². The molecule has 7 heteroatoms. The number of aromatic nitrogens is 3. The largest absolute Gasteiger partial charge is 0.394 e. The molecule has 3 aromatic rings. The molecule has 1 fully saturated rings. The van der Waals surface area contributed by atoms with Gasteiger partial charge < -0.3 is 14.5 Å². The molecular weight excluding hydrogens is 344 g/mol. The summed E-state index contributed by atoms with van der Waals surface area (Å²) >= 11 is 0. The van der Waals surface area contributed by atoms with Crippen molar-refractivity contribution in [1.82, 2.24) is 19.8 Å². The van der Waals surface area contributed by atoms with E-state index < -0.39 is 0 Å². The van der Waals surface area contributed by atoms with Gasteiger partial charge in [-0.15, -0.1) is 0 Å². The molecule has 3 heterocycles. The molecule has 140 valence electrons. The SMILES string of the molecule is O=C(c1cnoc1-c1ccccc1)N1CCC[C@@H](c2ccn(CCO)n2)C1. The van der Waals surface area contributed by atoms with Gasteiger partial charge in [0.05, 0.1) is 25.0 Å². The third kappa shape index (κ3) is 3.64. The Morgan fingerprint density at radius 1 is 1.26 bits per heavy atom. The number of carbonyl (C=O) groups is 1. The number of amides is 1. The average molecular weight is 366 g/mol. The molecule has 1 aromatic carbocycles. The minimum atomic E-state index is -0.0606. The summed E-state index contributed by atoms with van der Waals surface area (Å²) in [5.41, 5.74) is 2.30. The summed E-state index contributed by atoms with van der Waals surface area (Å²) in [5.74, 6) is 0.646. The molecule has 0 aliphatic carbocycles. The second-order valence-electron chi connectivity index (χ2n) is 6.75. The van der Waals surface area contributed by atoms with Gasteiger partial charge in [-0.25, -0.2) is 0 Å². The van der Waals surface area contributed by atoms with Crippen LogP contribution in [-0.4, -0.2) is 50.5 Å². The van der Waals surface area contributed by atoms with Gasteiger partial charge in [-0.05, 0) is 18.9 Å². The quantitative estimate of drug-likeness (QED) is 0.750. The Hall–Kier alpha value is -2.93. The maximum atomic E-state index is 13.1. The number of hydrogen-bond donors (Lipinski definition) is 1. The first-order valence-electron chi connectivity index (χ1n) is 9.20. The zero-order chi connectivity index (χ0) is 18.6. The average Bonchev–Trinajstić information content (AvgIpc) is 3.38. The maximum Gasteiger partial charge on any atom is 0.259 e. The lowest BCUT2D eigenvalue weighted by Gasteiger charge is -2.31. The number of aliphatic hydroxyl groups is 1. The van der Waals surface area contributed by atoms with E-state index in [1.807, 2.05) is 47.5 Å². The Balaban J connectivity index is 1.52. The Labute approximate surface area is 157 Å². The normalized spacial score (nSPS) is 17.2. The van der Waals surface area contributed by atoms with E-state index in [4.69, 9.17) is 9.63 Å². The van der Waals surface area contributed by atoms with Gasteiger partial charge in [0.25, 0.3) is 5.91 Å². The summed E-state index contributed by atoms with van der Waals surface area (Å²) in [6.45, 7) is 1.88. The number of likely N-dealkylation sites (tertiary alicyclic amines) is 1. The van der Waals surface area contributed by atoms with Crippen molar-refractivity contribution in [1.29, 1.82) is 0 Å². The van der Waals surface area contributed by atoms with Crippen molar-refractivity contribution in [2.75, 3.05) is 19.7 Å². The van der Waals surface area contributed by atoms with E-state index in [9.17, 15) is 4.79 Å². The van der Waals surface area contributed by atoms with Crippen molar-refractivity contribution < 1.29 is 14.4 Å². The highest BCUT2D eigenvalue weighted by Gasteiger charge is 2.29. The Kier molecular flexibility index (Phi) is 5.02. The minimum absolute atomic E-state index is 0.0606. The van der Waals surface area contributed by atoms with Gasteiger partial charge in [-0.1, -0.05) is 35.5 Å². The van der Waals surface area contributed by atoms with Crippen LogP contribution in [0.4, 0.5) is 0 Å². The molecule has 27 heavy (non-hydrogen) atoms. The van der Waals surface area contributed by atoms with Gasteiger partial charge in [0, 0.05) is 30.8 Å². The van der Waals surface area contributed by atoms with Crippen LogP contribution in [0.5, 0.6) is 0 Å². The van der Waals surface area contributed by atoms with Gasteiger partial charge in [0.15, 0.2) is 5.76 Å². The first-order valence-corrected chi connectivity index (χ1v) is 9.20. The number of benzene rings is 1. The van der Waals surface area contributed by atoms with Crippen molar-refractivity contribution >= 4 is 5.91 Å². The molecule has 1 amide bonds. The number of nitrogens with zero attached hydrogens (tertiary/aromatic N) is 4. The first kappa shape index (κ1) is 17.5. The lowest BCUT2D eigenvalue weighted by Crippen LogP contribution is -2.39. The van der Waals surface area contributed by atoms with Gasteiger partial charge in [0.1, 0.15) is 5.56 Å². The van der Waals surface area contributed by atoms with E-state index in [0.717, 1.165) is 24.1 Å². The predicted octanol–water partition coefficient (Wildman–Crippen LogP) is 2.55. The zero-order valence-electron chi connectivity index (χ0n) is 15.0. The highest BCUT2D eigenvalue weighted by molar-refractivity contribution is 5.99. The Morgan fingerprint density at radius 2 is 2.11 bits per heavy atom. The summed E-state index contributed by atoms with van der Waals surface area (Å²) in [6, 6.07) is 11.5. The highest BCUT2D eigenvalue weighted by Crippen LogP contribution is 2.29. The van der Waals surface area contributed by atoms with E-state index in [2.05, 4.69) is 10.3 Å². The van der Waals surface area contributed by atoms with Gasteiger partial charge in [-0.2, -0.15) is 5.10 Å². The van der Waals surface area contributed by atoms with E-state index in [1.165, 1.54) is 6.20 Å². The molecule has 0 bridgehead atoms. The number of piperidine rings is 1. The van der Waals surface area contributed by atoms with E-state index in [1.54, 1.807) is 4.68 Å². The van der Waals surface area contributed by atoms with Crippen LogP contribution in [0.25, 0.3) is 11.3 Å². The molecule has 1 aliphatic heterocycles. The summed E-state index contributed by atoms with van der Waals surface area (Å²) in [5, 5.41) is 17.4. The fraction of sp³-hybridized carbons (Fsp3) is 0.350. The first-order chi connectivity index (χ1) is 13.3. The number of aliphatic hydroxyl groups excluding tert-OH is 1. The van der Waals surface area contributed by atoms with Gasteiger partial charge >= 0.3 is 0 Å². The van der Waals surface area contributed by atoms with Crippen molar-refractivity contribution in [3.8, 4) is 11.3 Å². The molecule has 1 aliphatic rings. The smallest absolute Gasteiger partial charge is 0.259 e. The van der Waals surface area contributed by atoms with Crippen molar-refractivity contribution in [2.45, 2.75) is 25.3 Å². The summed E-state index contributed by atoms with van der Waals surface area (Å²) in [6.07, 6.45) is 5.30. The standard InChI is InChI=1S/C20H22N4O3/c25-12-11-24-10-8-18(22-24)16-7-4-9-23(14-16)20(26)17-13-21-27-19(17)15-5-2-1-3-6-15/h1-3,5-6,8,10,13,16,25H,4,7,9,11-12,14H2/t16-/m1/s1. The topological polar surface area (TPSA) is 84.4 Å². The van der Waals surface area contributed by atoms with Gasteiger partial charge in [0.2, 0.25) is 0 Å². The molecule has 1 N–H and O–H groups in total. The molecule has 4 rings (SSSR count). The van der Waals surface area contributed by atoms with Crippen LogP contribution in [0, 0.1) is 0 Å². The molecule has 0 saturated carbocycles. The molecule has 1 saturated heterocycles. The molecular formula is C20H22N4O3. The number of carbonyl (C=O) groups excluding carboxylic acids is 1. The maximum absolute atomic E-state index is 13.1. The second-order valence-corrected chi connectivity index (χ2v) is 6.75. The van der Waals surface area contributed by atoms with Crippen molar-refractivity contribution in [3.05, 3.63) is 60.0 Å².